The molecule has 0 saturated carbocycles. The summed E-state index contributed by atoms with van der Waals surface area (Å²) in [6, 6.07) is 9.61. The largest absolute Gasteiger partial charge is 0.456 e. The van der Waals surface area contributed by atoms with E-state index in [2.05, 4.69) is 0 Å². The van der Waals surface area contributed by atoms with Gasteiger partial charge in [-0.15, -0.1) is 23.1 Å². The van der Waals surface area contributed by atoms with Crippen LogP contribution in [0.2, 0.25) is 0 Å². The molecule has 2 aromatic rings. The third kappa shape index (κ3) is 3.26. The molecule has 27 heavy (non-hydrogen) atoms. The van der Waals surface area contributed by atoms with Crippen LogP contribution in [0.4, 0.5) is 5.69 Å². The summed E-state index contributed by atoms with van der Waals surface area (Å²) < 4.78 is 5.25. The summed E-state index contributed by atoms with van der Waals surface area (Å²) in [4.78, 5) is 37.3. The number of esters is 1. The maximum Gasteiger partial charge on any atom is 0.355 e. The van der Waals surface area contributed by atoms with Crippen molar-refractivity contribution in [1.29, 1.82) is 0 Å². The number of fused-ring (bicyclic) bond motifs is 1. The number of benzene rings is 1. The van der Waals surface area contributed by atoms with Crippen LogP contribution >= 0.6 is 23.1 Å². The molecule has 1 aromatic carbocycles. The van der Waals surface area contributed by atoms with Gasteiger partial charge in [0.1, 0.15) is 17.7 Å². The summed E-state index contributed by atoms with van der Waals surface area (Å²) in [5, 5.41) is 14.0. The van der Waals surface area contributed by atoms with E-state index in [1.54, 1.807) is 16.7 Å². The minimum atomic E-state index is -0.591. The van der Waals surface area contributed by atoms with E-state index in [9.17, 15) is 19.7 Å². The molecule has 7 nitrogen and oxygen atoms in total. The molecule has 1 aromatic heterocycles. The lowest BCUT2D eigenvalue weighted by Gasteiger charge is -2.37. The highest BCUT2D eigenvalue weighted by atomic mass is 32.2. The minimum absolute atomic E-state index is 0.0244. The number of hydrogen-bond acceptors (Lipinski definition) is 7. The van der Waals surface area contributed by atoms with Gasteiger partial charge < -0.3 is 4.74 Å². The Hall–Kier alpha value is -2.91. The molecule has 136 valence electrons. The Morgan fingerprint density at radius 1 is 1.30 bits per heavy atom. The smallest absolute Gasteiger partial charge is 0.355 e. The monoisotopic (exact) mass is 400 g/mol. The summed E-state index contributed by atoms with van der Waals surface area (Å²) in [6.45, 7) is -0.0244. The van der Waals surface area contributed by atoms with Crippen molar-refractivity contribution in [3.63, 3.8) is 0 Å². The molecule has 0 N–H and O–H groups in total. The molecule has 0 radical (unpaired) electrons. The van der Waals surface area contributed by atoms with Gasteiger partial charge in [-0.1, -0.05) is 6.07 Å². The first kappa shape index (κ1) is 17.5. The summed E-state index contributed by atoms with van der Waals surface area (Å²) in [6.07, 6.45) is 1.85. The number of nitro groups is 1. The number of carbonyl (C=O) groups is 2. The number of rotatable bonds is 5. The fourth-order valence-electron chi connectivity index (χ4n) is 2.72. The number of non-ortho nitro benzene ring substituents is 1. The highest BCUT2D eigenvalue weighted by Crippen LogP contribution is 2.45. The van der Waals surface area contributed by atoms with E-state index in [0.717, 1.165) is 4.88 Å². The van der Waals surface area contributed by atoms with Crippen molar-refractivity contribution in [3.8, 4) is 0 Å². The molecule has 9 heteroatoms. The molecule has 2 aliphatic heterocycles. The highest BCUT2D eigenvalue weighted by molar-refractivity contribution is 8.03. The molecule has 2 aliphatic rings. The fourth-order valence-corrected chi connectivity index (χ4v) is 4.50. The first-order valence-corrected chi connectivity index (χ1v) is 9.71. The van der Waals surface area contributed by atoms with Gasteiger partial charge in [-0.2, -0.15) is 0 Å². The standard InChI is InChI=1S/C18H12N2O5S2/c21-16-14(8-13-2-1-7-26-13)17-19(16)15(10-27-17)18(22)25-9-11-3-5-12(6-4-11)20(23)24/h1-8,10,17H,9H2/b14-8+/t17-/m1/s1. The molecule has 3 heterocycles. The van der Waals surface area contributed by atoms with Gasteiger partial charge in [0, 0.05) is 22.4 Å². The second-order valence-electron chi connectivity index (χ2n) is 5.78. The zero-order valence-corrected chi connectivity index (χ0v) is 15.4. The van der Waals surface area contributed by atoms with E-state index in [0.29, 0.717) is 11.1 Å². The average Bonchev–Trinajstić information content (AvgIpc) is 3.32. The molecule has 1 atom stereocenters. The third-order valence-corrected chi connectivity index (χ3v) is 6.00. The van der Waals surface area contributed by atoms with Crippen molar-refractivity contribution < 1.29 is 19.2 Å². The minimum Gasteiger partial charge on any atom is -0.456 e. The van der Waals surface area contributed by atoms with Crippen LogP contribution in [0.1, 0.15) is 10.4 Å². The number of nitro benzene ring substituents is 1. The Morgan fingerprint density at radius 2 is 2.07 bits per heavy atom. The zero-order chi connectivity index (χ0) is 19.0. The quantitative estimate of drug-likeness (QED) is 0.251. The molecule has 1 fully saturated rings. The lowest BCUT2D eigenvalue weighted by molar-refractivity contribution is -0.384. The number of β-lactam (4-membered cyclic amide) rings is 1. The summed E-state index contributed by atoms with van der Waals surface area (Å²) in [7, 11) is 0. The predicted molar refractivity (Wildman–Crippen MR) is 101 cm³/mol. The van der Waals surface area contributed by atoms with E-state index in [1.165, 1.54) is 40.9 Å². The van der Waals surface area contributed by atoms with Crippen molar-refractivity contribution in [3.05, 3.63) is 79.0 Å². The van der Waals surface area contributed by atoms with Crippen LogP contribution in [0.3, 0.4) is 0 Å². The number of nitrogens with zero attached hydrogens (tertiary/aromatic N) is 2. The Labute approximate surface area is 162 Å². The summed E-state index contributed by atoms with van der Waals surface area (Å²) >= 11 is 2.94. The number of carbonyl (C=O) groups excluding carboxylic acids is 2. The van der Waals surface area contributed by atoms with Crippen molar-refractivity contribution >= 4 is 46.7 Å². The molecule has 0 aliphatic carbocycles. The molecule has 0 spiro atoms. The Morgan fingerprint density at radius 3 is 2.74 bits per heavy atom. The van der Waals surface area contributed by atoms with E-state index >= 15 is 0 Å². The molecule has 1 saturated heterocycles. The molecule has 0 bridgehead atoms. The van der Waals surface area contributed by atoms with Gasteiger partial charge in [-0.3, -0.25) is 19.8 Å². The van der Waals surface area contributed by atoms with Crippen molar-refractivity contribution in [2.45, 2.75) is 12.0 Å². The van der Waals surface area contributed by atoms with Gasteiger partial charge in [0.2, 0.25) is 0 Å². The predicted octanol–water partition coefficient (Wildman–Crippen LogP) is 3.54. The molecule has 1 amide bonds. The summed E-state index contributed by atoms with van der Waals surface area (Å²) in [5.41, 5.74) is 1.49. The molecular formula is C18H12N2O5S2. The Kier molecular flexibility index (Phi) is 4.54. The molecular weight excluding hydrogens is 388 g/mol. The van der Waals surface area contributed by atoms with Gasteiger partial charge in [0.05, 0.1) is 10.5 Å². The van der Waals surface area contributed by atoms with E-state index in [1.807, 2.05) is 23.6 Å². The van der Waals surface area contributed by atoms with E-state index in [4.69, 9.17) is 4.74 Å². The van der Waals surface area contributed by atoms with Crippen LogP contribution in [-0.2, 0) is 20.9 Å². The summed E-state index contributed by atoms with van der Waals surface area (Å²) in [5.74, 6) is -0.788. The van der Waals surface area contributed by atoms with E-state index in [-0.39, 0.29) is 29.3 Å². The van der Waals surface area contributed by atoms with Crippen LogP contribution in [0.5, 0.6) is 0 Å². The van der Waals surface area contributed by atoms with Gasteiger partial charge in [-0.25, -0.2) is 4.79 Å². The van der Waals surface area contributed by atoms with Crippen LogP contribution in [0, 0.1) is 10.1 Å². The van der Waals surface area contributed by atoms with Gasteiger partial charge >= 0.3 is 5.97 Å². The van der Waals surface area contributed by atoms with Crippen molar-refractivity contribution in [1.82, 2.24) is 4.90 Å². The molecule has 4 rings (SSSR count). The topological polar surface area (TPSA) is 89.7 Å². The lowest BCUT2D eigenvalue weighted by Crippen LogP contribution is -2.51. The SMILES string of the molecule is O=C(OCc1ccc([N+](=O)[O-])cc1)C1=CS[C@@H]2/C(=C/c3cccs3)C(=O)N12. The number of ether oxygens (including phenoxy) is 1. The van der Waals surface area contributed by atoms with Crippen LogP contribution in [0.25, 0.3) is 6.08 Å². The van der Waals surface area contributed by atoms with Gasteiger partial charge in [0.25, 0.3) is 11.6 Å². The van der Waals surface area contributed by atoms with E-state index < -0.39 is 10.9 Å². The van der Waals surface area contributed by atoms with Crippen molar-refractivity contribution in [2.75, 3.05) is 0 Å². The number of thioether (sulfide) groups is 1. The van der Waals surface area contributed by atoms with Crippen molar-refractivity contribution in [2.24, 2.45) is 0 Å². The number of amides is 1. The second-order valence-corrected chi connectivity index (χ2v) is 7.72. The third-order valence-electron chi connectivity index (χ3n) is 4.10. The van der Waals surface area contributed by atoms with Crippen LogP contribution in [0.15, 0.2) is 58.5 Å². The molecule has 0 unspecified atom stereocenters. The Balaban J connectivity index is 1.38. The van der Waals surface area contributed by atoms with Crippen LogP contribution in [-0.4, -0.2) is 27.1 Å². The first-order chi connectivity index (χ1) is 13.0. The Bertz CT molecular complexity index is 980. The van der Waals surface area contributed by atoms with Crippen LogP contribution < -0.4 is 0 Å². The highest BCUT2D eigenvalue weighted by Gasteiger charge is 2.49. The average molecular weight is 400 g/mol. The number of hydrogen-bond donors (Lipinski definition) is 0. The first-order valence-electron chi connectivity index (χ1n) is 7.89. The van der Waals surface area contributed by atoms with Gasteiger partial charge in [0.15, 0.2) is 0 Å². The normalized spacial score (nSPS) is 19.5. The maximum atomic E-state index is 12.4. The number of thiophene rings is 1. The fraction of sp³-hybridized carbons (Fsp3) is 0.111. The lowest BCUT2D eigenvalue weighted by atomic mass is 10.0. The maximum absolute atomic E-state index is 12.4. The zero-order valence-electron chi connectivity index (χ0n) is 13.7. The van der Waals surface area contributed by atoms with Gasteiger partial charge in [-0.05, 0) is 35.2 Å². The second kappa shape index (κ2) is 7.01.